The summed E-state index contributed by atoms with van der Waals surface area (Å²) in [5.74, 6) is -0.254. The van der Waals surface area contributed by atoms with E-state index in [4.69, 9.17) is 4.74 Å². The van der Waals surface area contributed by atoms with Crippen LogP contribution in [0, 0.1) is 5.82 Å². The first-order valence-corrected chi connectivity index (χ1v) is 11.9. The summed E-state index contributed by atoms with van der Waals surface area (Å²) in [4.78, 5) is 20.9. The summed E-state index contributed by atoms with van der Waals surface area (Å²) in [7, 11) is 0. The Bertz CT molecular complexity index is 1160. The standard InChI is InChI=1S/C28H33FN4O2/c1-5-26(25-9-7-6-8-24(25)21-10-12-22(29)13-11-21)33-20-30-18-23(33)19-31-14-16-32(17-15-31)27(34)35-28(2,3)4/h5-13,18,20,26H,1,14-17,19H2,2-4H3. The lowest BCUT2D eigenvalue weighted by atomic mass is 9.94. The monoisotopic (exact) mass is 476 g/mol. The van der Waals surface area contributed by atoms with E-state index in [0.29, 0.717) is 19.6 Å². The van der Waals surface area contributed by atoms with Crippen molar-refractivity contribution in [2.45, 2.75) is 39.0 Å². The fourth-order valence-electron chi connectivity index (χ4n) is 4.39. The third-order valence-electron chi connectivity index (χ3n) is 6.11. The van der Waals surface area contributed by atoms with Crippen LogP contribution in [0.1, 0.15) is 38.1 Å². The second-order valence-electron chi connectivity index (χ2n) is 9.81. The van der Waals surface area contributed by atoms with Crippen molar-refractivity contribution in [1.29, 1.82) is 0 Å². The van der Waals surface area contributed by atoms with Gasteiger partial charge in [-0.3, -0.25) is 4.90 Å². The Morgan fingerprint density at radius 3 is 2.46 bits per heavy atom. The number of halogens is 1. The number of carbonyl (C=O) groups excluding carboxylic acids is 1. The minimum absolute atomic E-state index is 0.128. The zero-order valence-electron chi connectivity index (χ0n) is 20.7. The Morgan fingerprint density at radius 1 is 1.11 bits per heavy atom. The molecular weight excluding hydrogens is 443 g/mol. The summed E-state index contributed by atoms with van der Waals surface area (Å²) in [5.41, 5.74) is 3.62. The molecule has 1 unspecified atom stereocenters. The lowest BCUT2D eigenvalue weighted by Gasteiger charge is -2.35. The van der Waals surface area contributed by atoms with E-state index in [2.05, 4.69) is 27.1 Å². The van der Waals surface area contributed by atoms with Crippen molar-refractivity contribution in [3.8, 4) is 11.1 Å². The highest BCUT2D eigenvalue weighted by molar-refractivity contribution is 5.69. The number of hydrogen-bond donors (Lipinski definition) is 0. The first-order chi connectivity index (χ1) is 16.7. The number of carbonyl (C=O) groups is 1. The molecule has 1 amide bonds. The van der Waals surface area contributed by atoms with Gasteiger partial charge in [-0.1, -0.05) is 42.5 Å². The van der Waals surface area contributed by atoms with Gasteiger partial charge in [0.15, 0.2) is 0 Å². The van der Waals surface area contributed by atoms with Crippen LogP contribution in [0.15, 0.2) is 73.7 Å². The number of piperazine rings is 1. The van der Waals surface area contributed by atoms with Gasteiger partial charge in [0.25, 0.3) is 0 Å². The number of allylic oxidation sites excluding steroid dienone is 1. The number of hydrogen-bond acceptors (Lipinski definition) is 4. The zero-order chi connectivity index (χ0) is 25.0. The molecule has 7 heteroatoms. The van der Waals surface area contributed by atoms with Crippen molar-refractivity contribution < 1.29 is 13.9 Å². The summed E-state index contributed by atoms with van der Waals surface area (Å²) in [6.07, 6.45) is 5.37. The number of nitrogens with zero attached hydrogens (tertiary/aromatic N) is 4. The van der Waals surface area contributed by atoms with E-state index in [9.17, 15) is 9.18 Å². The average Bonchev–Trinajstić information content (AvgIpc) is 3.27. The Balaban J connectivity index is 1.49. The minimum Gasteiger partial charge on any atom is -0.444 e. The number of ether oxygens (including phenoxy) is 1. The zero-order valence-corrected chi connectivity index (χ0v) is 20.7. The highest BCUT2D eigenvalue weighted by atomic mass is 19.1. The van der Waals surface area contributed by atoms with E-state index in [0.717, 1.165) is 35.5 Å². The van der Waals surface area contributed by atoms with Crippen LogP contribution in [-0.2, 0) is 11.3 Å². The Labute approximate surface area is 206 Å². The maximum atomic E-state index is 13.5. The van der Waals surface area contributed by atoms with Gasteiger partial charge in [-0.25, -0.2) is 14.2 Å². The fraction of sp³-hybridized carbons (Fsp3) is 0.357. The van der Waals surface area contributed by atoms with Crippen molar-refractivity contribution in [3.05, 3.63) is 90.8 Å². The molecule has 0 N–H and O–H groups in total. The largest absolute Gasteiger partial charge is 0.444 e. The van der Waals surface area contributed by atoms with Gasteiger partial charge in [0.05, 0.1) is 18.1 Å². The molecule has 1 aromatic heterocycles. The summed E-state index contributed by atoms with van der Waals surface area (Å²) in [6.45, 7) is 13.2. The van der Waals surface area contributed by atoms with Crippen LogP contribution < -0.4 is 0 Å². The quantitative estimate of drug-likeness (QED) is 0.440. The lowest BCUT2D eigenvalue weighted by molar-refractivity contribution is 0.0137. The maximum absolute atomic E-state index is 13.5. The molecule has 0 radical (unpaired) electrons. The smallest absolute Gasteiger partial charge is 0.410 e. The number of amides is 1. The van der Waals surface area contributed by atoms with Crippen LogP contribution in [0.3, 0.4) is 0 Å². The first kappa shape index (κ1) is 24.7. The number of imidazole rings is 1. The molecule has 2 aromatic carbocycles. The molecule has 0 aliphatic carbocycles. The van der Waals surface area contributed by atoms with Crippen LogP contribution >= 0.6 is 0 Å². The molecule has 1 saturated heterocycles. The van der Waals surface area contributed by atoms with Crippen molar-refractivity contribution >= 4 is 6.09 Å². The van der Waals surface area contributed by atoms with Crippen molar-refractivity contribution in [2.75, 3.05) is 26.2 Å². The van der Waals surface area contributed by atoms with Gasteiger partial charge in [-0.2, -0.15) is 0 Å². The summed E-state index contributed by atoms with van der Waals surface area (Å²) < 4.78 is 21.1. The van der Waals surface area contributed by atoms with Crippen LogP contribution in [0.2, 0.25) is 0 Å². The van der Waals surface area contributed by atoms with Crippen molar-refractivity contribution in [2.24, 2.45) is 0 Å². The second-order valence-corrected chi connectivity index (χ2v) is 9.81. The van der Waals surface area contributed by atoms with Gasteiger partial charge in [-0.15, -0.1) is 6.58 Å². The molecular formula is C28H33FN4O2. The van der Waals surface area contributed by atoms with Gasteiger partial charge >= 0.3 is 6.09 Å². The molecule has 0 spiro atoms. The molecule has 1 atom stereocenters. The van der Waals surface area contributed by atoms with E-state index >= 15 is 0 Å². The molecule has 0 saturated carbocycles. The normalized spacial score (nSPS) is 15.6. The third-order valence-corrected chi connectivity index (χ3v) is 6.11. The van der Waals surface area contributed by atoms with Crippen LogP contribution in [0.4, 0.5) is 9.18 Å². The maximum Gasteiger partial charge on any atom is 0.410 e. The predicted molar refractivity (Wildman–Crippen MR) is 135 cm³/mol. The van der Waals surface area contributed by atoms with Crippen molar-refractivity contribution in [1.82, 2.24) is 19.4 Å². The SMILES string of the molecule is C=CC(c1ccccc1-c1ccc(F)cc1)n1cncc1CN1CCN(C(=O)OC(C)(C)C)CC1. The fourth-order valence-corrected chi connectivity index (χ4v) is 4.39. The molecule has 4 rings (SSSR count). The molecule has 1 fully saturated rings. The van der Waals surface area contributed by atoms with Crippen LogP contribution in [0.5, 0.6) is 0 Å². The van der Waals surface area contributed by atoms with Gasteiger partial charge in [0.2, 0.25) is 0 Å². The Kier molecular flexibility index (Phi) is 7.36. The number of rotatable bonds is 6. The minimum atomic E-state index is -0.495. The molecule has 6 nitrogen and oxygen atoms in total. The highest BCUT2D eigenvalue weighted by Crippen LogP contribution is 2.32. The number of benzene rings is 2. The van der Waals surface area contributed by atoms with E-state index in [1.54, 1.807) is 17.0 Å². The van der Waals surface area contributed by atoms with E-state index in [1.807, 2.05) is 57.6 Å². The summed E-state index contributed by atoms with van der Waals surface area (Å²) in [6, 6.07) is 14.5. The molecule has 3 aromatic rings. The van der Waals surface area contributed by atoms with Gasteiger partial charge in [0.1, 0.15) is 11.4 Å². The molecule has 35 heavy (non-hydrogen) atoms. The first-order valence-electron chi connectivity index (χ1n) is 11.9. The molecule has 184 valence electrons. The topological polar surface area (TPSA) is 50.6 Å². The lowest BCUT2D eigenvalue weighted by Crippen LogP contribution is -2.49. The average molecular weight is 477 g/mol. The summed E-state index contributed by atoms with van der Waals surface area (Å²) >= 11 is 0. The van der Waals surface area contributed by atoms with Crippen LogP contribution in [0.25, 0.3) is 11.1 Å². The molecule has 1 aliphatic rings. The highest BCUT2D eigenvalue weighted by Gasteiger charge is 2.27. The van der Waals surface area contributed by atoms with E-state index in [1.165, 1.54) is 12.1 Å². The summed E-state index contributed by atoms with van der Waals surface area (Å²) in [5, 5.41) is 0. The predicted octanol–water partition coefficient (Wildman–Crippen LogP) is 5.52. The Morgan fingerprint density at radius 2 is 1.80 bits per heavy atom. The van der Waals surface area contributed by atoms with E-state index in [-0.39, 0.29) is 18.0 Å². The van der Waals surface area contributed by atoms with Gasteiger partial charge in [-0.05, 0) is 49.6 Å². The number of aromatic nitrogens is 2. The van der Waals surface area contributed by atoms with Gasteiger partial charge < -0.3 is 14.2 Å². The third kappa shape index (κ3) is 5.98. The van der Waals surface area contributed by atoms with Gasteiger partial charge in [0, 0.05) is 38.9 Å². The second kappa shape index (κ2) is 10.4. The Hall–Kier alpha value is -3.45. The molecule has 0 bridgehead atoms. The molecule has 2 heterocycles. The van der Waals surface area contributed by atoms with Crippen LogP contribution in [-0.4, -0.2) is 57.2 Å². The molecule has 1 aliphatic heterocycles. The van der Waals surface area contributed by atoms with Crippen molar-refractivity contribution in [3.63, 3.8) is 0 Å². The van der Waals surface area contributed by atoms with E-state index < -0.39 is 5.60 Å².